The predicted molar refractivity (Wildman–Crippen MR) is 101 cm³/mol. The highest BCUT2D eigenvalue weighted by atomic mass is 33.1. The Bertz CT molecular complexity index is 531. The van der Waals surface area contributed by atoms with E-state index in [1.807, 2.05) is 0 Å². The van der Waals surface area contributed by atoms with Crippen molar-refractivity contribution < 1.29 is 30.1 Å². The highest BCUT2D eigenvalue weighted by molar-refractivity contribution is 8.72. The second kappa shape index (κ2) is 12.3. The largest absolute Gasteiger partial charge is 0.306 e. The Morgan fingerprint density at radius 2 is 1.30 bits per heavy atom. The fraction of sp³-hybridized carbons (Fsp3) is 1.00. The van der Waals surface area contributed by atoms with Crippen LogP contribution in [0.4, 0.5) is 0 Å². The average Bonchev–Trinajstić information content (AvgIpc) is 2.39. The van der Waals surface area contributed by atoms with Gasteiger partial charge in [0, 0.05) is 37.3 Å². The lowest BCUT2D eigenvalue weighted by atomic mass is 10.4. The Hall–Kier alpha value is 0.890. The molecule has 2 N–H and O–H groups in total. The van der Waals surface area contributed by atoms with E-state index < -0.39 is 39.5 Å². The first-order chi connectivity index (χ1) is 10.5. The summed E-state index contributed by atoms with van der Waals surface area (Å²) in [5.41, 5.74) is 0. The van der Waals surface area contributed by atoms with Gasteiger partial charge in [-0.2, -0.15) is 0 Å². The minimum absolute atomic E-state index is 0.0544. The van der Waals surface area contributed by atoms with Crippen LogP contribution in [-0.2, 0) is 50.7 Å². The number of hydrogen-bond donors (Lipinski definition) is 2. The third-order valence-corrected chi connectivity index (χ3v) is 10.5. The fourth-order valence-electron chi connectivity index (χ4n) is 1.50. The molecule has 0 aliphatic heterocycles. The molecule has 3 atom stereocenters. The summed E-state index contributed by atoms with van der Waals surface area (Å²) in [6.07, 6.45) is 1.59. The van der Waals surface area contributed by atoms with Crippen molar-refractivity contribution in [3.63, 3.8) is 0 Å². The molecule has 0 aromatic rings. The molecule has 0 heterocycles. The molecule has 3 unspecified atom stereocenters. The van der Waals surface area contributed by atoms with Crippen LogP contribution in [0.15, 0.2) is 0 Å². The van der Waals surface area contributed by atoms with Crippen molar-refractivity contribution in [1.29, 1.82) is 0 Å². The molecule has 140 valence electrons. The van der Waals surface area contributed by atoms with E-state index >= 15 is 0 Å². The van der Waals surface area contributed by atoms with E-state index in [0.29, 0.717) is 36.5 Å². The summed E-state index contributed by atoms with van der Waals surface area (Å²) in [6, 6.07) is 0. The van der Waals surface area contributed by atoms with Gasteiger partial charge in [-0.15, -0.1) is 0 Å². The second-order valence-corrected chi connectivity index (χ2v) is 15.3. The van der Waals surface area contributed by atoms with Gasteiger partial charge in [-0.3, -0.25) is 4.21 Å². The molecule has 0 amide bonds. The Morgan fingerprint density at radius 3 is 1.78 bits per heavy atom. The first-order valence-corrected chi connectivity index (χ1v) is 15.3. The zero-order chi connectivity index (χ0) is 17.9. The third-order valence-electron chi connectivity index (χ3n) is 2.64. The van der Waals surface area contributed by atoms with Crippen LogP contribution < -0.4 is 0 Å². The molecule has 0 fully saturated rings. The molecular weight excluding hydrogens is 425 g/mol. The molecule has 0 aliphatic carbocycles. The quantitative estimate of drug-likeness (QED) is 0.226. The summed E-state index contributed by atoms with van der Waals surface area (Å²) < 4.78 is 73.6. The van der Waals surface area contributed by atoms with Crippen molar-refractivity contribution in [2.75, 3.05) is 34.5 Å². The van der Waals surface area contributed by atoms with Gasteiger partial charge in [-0.05, 0) is 47.7 Å². The van der Waals surface area contributed by atoms with Crippen molar-refractivity contribution in [1.82, 2.24) is 0 Å². The van der Waals surface area contributed by atoms with Crippen molar-refractivity contribution >= 4 is 61.5 Å². The standard InChI is InChI=1S/C10H22O7S6/c11-20(12)6-1-3-8-22(15,18)10-5-19-23(16,17)9-4-2-7-21(13)14/h1-10H2,(H,11,12)(H,13,14). The number of unbranched alkanes of at least 4 members (excludes halogenated alkanes) is 2. The fourth-order valence-corrected chi connectivity index (χ4v) is 8.52. The lowest BCUT2D eigenvalue weighted by Gasteiger charge is -2.07. The molecule has 0 saturated carbocycles. The van der Waals surface area contributed by atoms with Crippen LogP contribution in [0, 0.1) is 0 Å². The monoisotopic (exact) mass is 446 g/mol. The van der Waals surface area contributed by atoms with Crippen LogP contribution in [0.25, 0.3) is 0 Å². The summed E-state index contributed by atoms with van der Waals surface area (Å²) in [5, 5.41) is 0. The van der Waals surface area contributed by atoms with Crippen molar-refractivity contribution in [2.24, 2.45) is 0 Å². The summed E-state index contributed by atoms with van der Waals surface area (Å²) in [4.78, 5) is 0. The summed E-state index contributed by atoms with van der Waals surface area (Å²) in [5.74, 6) is 0.571. The first kappa shape index (κ1) is 23.9. The zero-order valence-corrected chi connectivity index (χ0v) is 17.4. The smallest absolute Gasteiger partial charge is 0.201 e. The minimum Gasteiger partial charge on any atom is -0.306 e. The van der Waals surface area contributed by atoms with Crippen molar-refractivity contribution in [3.8, 4) is 0 Å². The van der Waals surface area contributed by atoms with Gasteiger partial charge < -0.3 is 9.11 Å². The van der Waals surface area contributed by atoms with Gasteiger partial charge in [-0.1, -0.05) is 0 Å². The molecule has 0 spiro atoms. The molecular formula is C10H22O7S6. The van der Waals surface area contributed by atoms with E-state index in [0.717, 1.165) is 0 Å². The van der Waals surface area contributed by atoms with Gasteiger partial charge in [0.25, 0.3) is 0 Å². The van der Waals surface area contributed by atoms with E-state index in [9.17, 15) is 21.0 Å². The minimum atomic E-state index is -3.35. The highest BCUT2D eigenvalue weighted by Gasteiger charge is 2.14. The molecule has 0 aliphatic rings. The molecule has 7 nitrogen and oxygen atoms in total. The van der Waals surface area contributed by atoms with Crippen LogP contribution >= 0.6 is 10.8 Å². The molecule has 0 saturated heterocycles. The van der Waals surface area contributed by atoms with Gasteiger partial charge in [0.1, 0.15) is 0 Å². The predicted octanol–water partition coefficient (Wildman–Crippen LogP) is 0.800. The van der Waals surface area contributed by atoms with Crippen molar-refractivity contribution in [3.05, 3.63) is 0 Å². The van der Waals surface area contributed by atoms with Gasteiger partial charge in [-0.25, -0.2) is 16.8 Å². The molecule has 0 aromatic heterocycles. The van der Waals surface area contributed by atoms with Crippen LogP contribution in [0.2, 0.25) is 0 Å². The van der Waals surface area contributed by atoms with Gasteiger partial charge in [0.05, 0.1) is 5.75 Å². The molecule has 0 bridgehead atoms. The molecule has 0 rings (SSSR count). The average molecular weight is 447 g/mol. The zero-order valence-electron chi connectivity index (χ0n) is 12.5. The Labute approximate surface area is 151 Å². The summed E-state index contributed by atoms with van der Waals surface area (Å²) in [7, 11) is -5.18. The van der Waals surface area contributed by atoms with Gasteiger partial charge in [0.15, 0.2) is 22.2 Å². The number of rotatable bonds is 14. The second-order valence-electron chi connectivity index (χ2n) is 4.70. The molecule has 23 heavy (non-hydrogen) atoms. The van der Waals surface area contributed by atoms with Gasteiger partial charge in [0.2, 0.25) is 8.87 Å². The van der Waals surface area contributed by atoms with E-state index in [4.69, 9.17) is 20.3 Å². The molecule has 0 radical (unpaired) electrons. The summed E-state index contributed by atoms with van der Waals surface area (Å²) >= 11 is 1.20. The molecule has 13 heteroatoms. The Kier molecular flexibility index (Phi) is 12.8. The Morgan fingerprint density at radius 1 is 0.826 bits per heavy atom. The topological polar surface area (TPSA) is 126 Å². The first-order valence-electron chi connectivity index (χ1n) is 6.76. The highest BCUT2D eigenvalue weighted by Crippen LogP contribution is 2.16. The lowest BCUT2D eigenvalue weighted by molar-refractivity contribution is 0.559. The molecule has 0 aromatic carbocycles. The van der Waals surface area contributed by atoms with Crippen LogP contribution in [0.3, 0.4) is 0 Å². The van der Waals surface area contributed by atoms with Gasteiger partial charge >= 0.3 is 0 Å². The van der Waals surface area contributed by atoms with E-state index in [1.165, 1.54) is 0 Å². The summed E-state index contributed by atoms with van der Waals surface area (Å²) in [6.45, 7) is 0. The lowest BCUT2D eigenvalue weighted by Crippen LogP contribution is -2.14. The Balaban J connectivity index is 3.97. The van der Waals surface area contributed by atoms with E-state index in [1.54, 1.807) is 0 Å². The maximum absolute atomic E-state index is 12.1. The van der Waals surface area contributed by atoms with Crippen LogP contribution in [0.5, 0.6) is 0 Å². The third kappa shape index (κ3) is 16.1. The SMILES string of the molecule is O=S(O)CCCCS(=O)(=O)SCCS(=O)(=S)CCCCS(=O)O. The normalized spacial score (nSPS) is 17.5. The maximum atomic E-state index is 12.1. The maximum Gasteiger partial charge on any atom is 0.201 e. The van der Waals surface area contributed by atoms with Crippen molar-refractivity contribution in [2.45, 2.75) is 25.7 Å². The van der Waals surface area contributed by atoms with Crippen LogP contribution in [0.1, 0.15) is 25.7 Å². The number of hydrogen-bond acceptors (Lipinski definition) is 7. The van der Waals surface area contributed by atoms with E-state index in [-0.39, 0.29) is 34.5 Å². The van der Waals surface area contributed by atoms with Crippen LogP contribution in [-0.4, -0.2) is 64.7 Å². The van der Waals surface area contributed by atoms with E-state index in [2.05, 4.69) is 0 Å².